The molecule has 20 heavy (non-hydrogen) atoms. The maximum absolute atomic E-state index is 4.48. The number of hydrogen-bond donors (Lipinski definition) is 1. The largest absolute Gasteiger partial charge is 0.340 e. The molecule has 0 amide bonds. The summed E-state index contributed by atoms with van der Waals surface area (Å²) in [6.07, 6.45) is 5.71. The molecule has 0 saturated heterocycles. The van der Waals surface area contributed by atoms with E-state index in [1.807, 2.05) is 30.2 Å². The van der Waals surface area contributed by atoms with Crippen LogP contribution >= 0.6 is 0 Å². The van der Waals surface area contributed by atoms with Crippen LogP contribution in [0.2, 0.25) is 0 Å². The summed E-state index contributed by atoms with van der Waals surface area (Å²) in [6, 6.07) is 10.5. The maximum atomic E-state index is 4.48. The first kappa shape index (κ1) is 12.8. The highest BCUT2D eigenvalue weighted by molar-refractivity contribution is 5.79. The third-order valence-corrected chi connectivity index (χ3v) is 3.39. The molecular weight excluding hydrogens is 248 g/mol. The number of nitrogens with zero attached hydrogens (tertiary/aromatic N) is 3. The van der Waals surface area contributed by atoms with E-state index in [0.29, 0.717) is 0 Å². The summed E-state index contributed by atoms with van der Waals surface area (Å²) in [5.41, 5.74) is 3.27. The first-order valence-corrected chi connectivity index (χ1v) is 6.84. The molecule has 0 fully saturated rings. The molecule has 0 bridgehead atoms. The minimum absolute atomic E-state index is 0.116. The van der Waals surface area contributed by atoms with E-state index < -0.39 is 0 Å². The van der Waals surface area contributed by atoms with E-state index in [0.717, 1.165) is 23.1 Å². The zero-order valence-corrected chi connectivity index (χ0v) is 11.7. The van der Waals surface area contributed by atoms with E-state index in [-0.39, 0.29) is 6.04 Å². The maximum Gasteiger partial charge on any atom is 0.0947 e. The van der Waals surface area contributed by atoms with Crippen LogP contribution in [0.3, 0.4) is 0 Å². The zero-order valence-electron chi connectivity index (χ0n) is 11.7. The molecule has 2 heterocycles. The molecule has 0 spiro atoms. The highest BCUT2D eigenvalue weighted by Gasteiger charge is 2.15. The van der Waals surface area contributed by atoms with Crippen molar-refractivity contribution in [3.05, 3.63) is 60.3 Å². The number of nitrogens with one attached hydrogen (secondary N) is 1. The number of pyridine rings is 1. The van der Waals surface area contributed by atoms with E-state index >= 15 is 0 Å². The normalized spacial score (nSPS) is 12.7. The van der Waals surface area contributed by atoms with Crippen LogP contribution in [0.1, 0.15) is 24.2 Å². The van der Waals surface area contributed by atoms with Gasteiger partial charge in [-0.1, -0.05) is 19.1 Å². The summed E-state index contributed by atoms with van der Waals surface area (Å²) >= 11 is 0. The molecule has 0 aliphatic heterocycles. The molecular formula is C16H18N4. The van der Waals surface area contributed by atoms with E-state index in [4.69, 9.17) is 0 Å². The fourth-order valence-electron chi connectivity index (χ4n) is 2.45. The predicted molar refractivity (Wildman–Crippen MR) is 80.5 cm³/mol. The number of hydrogen-bond acceptors (Lipinski definition) is 3. The molecule has 0 aliphatic carbocycles. The minimum Gasteiger partial charge on any atom is -0.340 e. The Morgan fingerprint density at radius 3 is 2.90 bits per heavy atom. The first-order chi connectivity index (χ1) is 9.78. The van der Waals surface area contributed by atoms with Crippen molar-refractivity contribution in [3.8, 4) is 0 Å². The number of aryl methyl sites for hydroxylation is 1. The van der Waals surface area contributed by atoms with E-state index in [1.54, 1.807) is 0 Å². The minimum atomic E-state index is 0.116. The van der Waals surface area contributed by atoms with Gasteiger partial charge in [0.2, 0.25) is 0 Å². The van der Waals surface area contributed by atoms with Gasteiger partial charge in [-0.05, 0) is 30.3 Å². The molecule has 4 heteroatoms. The van der Waals surface area contributed by atoms with E-state index in [2.05, 4.69) is 52.7 Å². The lowest BCUT2D eigenvalue weighted by atomic mass is 10.0. The van der Waals surface area contributed by atoms with Crippen molar-refractivity contribution in [1.29, 1.82) is 0 Å². The molecule has 102 valence electrons. The van der Waals surface area contributed by atoms with Crippen molar-refractivity contribution in [2.24, 2.45) is 7.05 Å². The molecule has 1 N–H and O–H groups in total. The van der Waals surface area contributed by atoms with E-state index in [1.165, 1.54) is 5.56 Å². The number of benzene rings is 1. The Morgan fingerprint density at radius 1 is 1.25 bits per heavy atom. The van der Waals surface area contributed by atoms with Crippen LogP contribution in [0.4, 0.5) is 0 Å². The molecule has 0 radical (unpaired) electrons. The Labute approximate surface area is 118 Å². The lowest BCUT2D eigenvalue weighted by molar-refractivity contribution is 0.618. The Balaban J connectivity index is 2.04. The van der Waals surface area contributed by atoms with Crippen molar-refractivity contribution < 1.29 is 0 Å². The molecule has 1 atom stereocenters. The van der Waals surface area contributed by atoms with Crippen LogP contribution in [0.15, 0.2) is 49.1 Å². The molecule has 1 unspecified atom stereocenters. The smallest absolute Gasteiger partial charge is 0.0947 e. The average Bonchev–Trinajstić information content (AvgIpc) is 2.90. The van der Waals surface area contributed by atoms with Crippen LogP contribution in [0, 0.1) is 0 Å². The molecule has 3 aromatic rings. The average molecular weight is 266 g/mol. The standard InChI is InChI=1S/C16H18N4/c1-3-17-16(15-10-20(2)11-19-15)13-6-7-14-12(9-13)5-4-8-18-14/h4-11,16-17H,3H2,1-2H3. The van der Waals surface area contributed by atoms with Crippen molar-refractivity contribution in [2.45, 2.75) is 13.0 Å². The second kappa shape index (κ2) is 5.43. The summed E-state index contributed by atoms with van der Waals surface area (Å²) in [6.45, 7) is 3.00. The second-order valence-corrected chi connectivity index (χ2v) is 4.91. The van der Waals surface area contributed by atoms with Crippen LogP contribution < -0.4 is 5.32 Å². The molecule has 2 aromatic heterocycles. The van der Waals surface area contributed by atoms with Crippen molar-refractivity contribution in [1.82, 2.24) is 19.9 Å². The molecule has 0 aliphatic rings. The van der Waals surface area contributed by atoms with Crippen molar-refractivity contribution >= 4 is 10.9 Å². The van der Waals surface area contributed by atoms with Gasteiger partial charge < -0.3 is 9.88 Å². The monoisotopic (exact) mass is 266 g/mol. The summed E-state index contributed by atoms with van der Waals surface area (Å²) in [7, 11) is 1.99. The van der Waals surface area contributed by atoms with Gasteiger partial charge in [-0.2, -0.15) is 0 Å². The van der Waals surface area contributed by atoms with Gasteiger partial charge in [-0.15, -0.1) is 0 Å². The summed E-state index contributed by atoms with van der Waals surface area (Å²) in [5.74, 6) is 0. The Kier molecular flexibility index (Phi) is 3.48. The van der Waals surface area contributed by atoms with Gasteiger partial charge in [0.05, 0.1) is 23.6 Å². The van der Waals surface area contributed by atoms with Gasteiger partial charge in [0.15, 0.2) is 0 Å². The fraction of sp³-hybridized carbons (Fsp3) is 0.250. The van der Waals surface area contributed by atoms with Gasteiger partial charge in [0, 0.05) is 24.8 Å². The topological polar surface area (TPSA) is 42.7 Å². The summed E-state index contributed by atoms with van der Waals surface area (Å²) in [5, 5.41) is 4.65. The number of aromatic nitrogens is 3. The third kappa shape index (κ3) is 2.42. The fourth-order valence-corrected chi connectivity index (χ4v) is 2.45. The van der Waals surface area contributed by atoms with Crippen LogP contribution in [0.25, 0.3) is 10.9 Å². The molecule has 3 rings (SSSR count). The third-order valence-electron chi connectivity index (χ3n) is 3.39. The Bertz CT molecular complexity index is 717. The Hall–Kier alpha value is -2.20. The summed E-state index contributed by atoms with van der Waals surface area (Å²) < 4.78 is 1.97. The predicted octanol–water partition coefficient (Wildman–Crippen LogP) is 2.67. The number of imidazole rings is 1. The first-order valence-electron chi connectivity index (χ1n) is 6.84. The number of rotatable bonds is 4. The molecule has 0 saturated carbocycles. The van der Waals surface area contributed by atoms with Gasteiger partial charge in [0.1, 0.15) is 0 Å². The highest BCUT2D eigenvalue weighted by atomic mass is 15.0. The van der Waals surface area contributed by atoms with Gasteiger partial charge in [0.25, 0.3) is 0 Å². The zero-order chi connectivity index (χ0) is 13.9. The van der Waals surface area contributed by atoms with Crippen molar-refractivity contribution in [3.63, 3.8) is 0 Å². The van der Waals surface area contributed by atoms with Gasteiger partial charge >= 0.3 is 0 Å². The van der Waals surface area contributed by atoms with Gasteiger partial charge in [-0.25, -0.2) is 4.98 Å². The lowest BCUT2D eigenvalue weighted by Gasteiger charge is -2.16. The van der Waals surface area contributed by atoms with Gasteiger partial charge in [-0.3, -0.25) is 4.98 Å². The van der Waals surface area contributed by atoms with Crippen molar-refractivity contribution in [2.75, 3.05) is 6.54 Å². The number of fused-ring (bicyclic) bond motifs is 1. The van der Waals surface area contributed by atoms with Crippen LogP contribution in [-0.4, -0.2) is 21.1 Å². The second-order valence-electron chi connectivity index (χ2n) is 4.91. The SMILES string of the molecule is CCNC(c1ccc2ncccc2c1)c1cn(C)cn1. The lowest BCUT2D eigenvalue weighted by Crippen LogP contribution is -2.22. The van der Waals surface area contributed by atoms with Crippen LogP contribution in [-0.2, 0) is 7.05 Å². The molecule has 1 aromatic carbocycles. The van der Waals surface area contributed by atoms with E-state index in [9.17, 15) is 0 Å². The molecule has 4 nitrogen and oxygen atoms in total. The highest BCUT2D eigenvalue weighted by Crippen LogP contribution is 2.23. The van der Waals surface area contributed by atoms with Crippen LogP contribution in [0.5, 0.6) is 0 Å². The summed E-state index contributed by atoms with van der Waals surface area (Å²) in [4.78, 5) is 8.84. The quantitative estimate of drug-likeness (QED) is 0.789. The Morgan fingerprint density at radius 2 is 2.15 bits per heavy atom.